The van der Waals surface area contributed by atoms with Gasteiger partial charge in [0, 0.05) is 18.5 Å². The Balaban J connectivity index is 1.43. The van der Waals surface area contributed by atoms with Gasteiger partial charge in [-0.3, -0.25) is 14.5 Å². The van der Waals surface area contributed by atoms with E-state index < -0.39 is 0 Å². The number of hydrogen-bond acceptors (Lipinski definition) is 8. The molecule has 0 saturated heterocycles. The molecule has 0 aliphatic carbocycles. The number of nitrogens with one attached hydrogen (secondary N) is 1. The number of hydrogen-bond donors (Lipinski definition) is 1. The molecular formula is C31H35N3O5S. The Morgan fingerprint density at radius 3 is 2.38 bits per heavy atom. The summed E-state index contributed by atoms with van der Waals surface area (Å²) in [7, 11) is 3.27. The van der Waals surface area contributed by atoms with Gasteiger partial charge in [0.15, 0.2) is 11.5 Å². The third-order valence-corrected chi connectivity index (χ3v) is 7.03. The van der Waals surface area contributed by atoms with Gasteiger partial charge >= 0.3 is 0 Å². The molecule has 0 aliphatic rings. The van der Waals surface area contributed by atoms with Crippen LogP contribution in [-0.4, -0.2) is 43.2 Å². The number of carbonyl (C=O) groups excluding carboxylic acids is 1. The summed E-state index contributed by atoms with van der Waals surface area (Å²) < 4.78 is 16.8. The van der Waals surface area contributed by atoms with Gasteiger partial charge in [0.1, 0.15) is 23.1 Å². The predicted molar refractivity (Wildman–Crippen MR) is 156 cm³/mol. The van der Waals surface area contributed by atoms with Gasteiger partial charge in [-0.2, -0.15) is 0 Å². The van der Waals surface area contributed by atoms with Crippen LogP contribution < -0.4 is 19.7 Å². The van der Waals surface area contributed by atoms with Crippen LogP contribution in [0.5, 0.6) is 17.2 Å². The minimum Gasteiger partial charge on any atom is -0.493 e. The molecular weight excluding hydrogens is 526 g/mol. The molecule has 0 aliphatic heterocycles. The van der Waals surface area contributed by atoms with Crippen molar-refractivity contribution < 1.29 is 23.8 Å². The van der Waals surface area contributed by atoms with Gasteiger partial charge in [0.05, 0.1) is 27.4 Å². The third-order valence-electron chi connectivity index (χ3n) is 6.19. The fourth-order valence-corrected chi connectivity index (χ4v) is 4.91. The topological polar surface area (TPSA) is 82.2 Å². The molecule has 1 heterocycles. The van der Waals surface area contributed by atoms with Gasteiger partial charge in [0.2, 0.25) is 0 Å². The highest BCUT2D eigenvalue weighted by Gasteiger charge is 2.15. The average molecular weight is 562 g/mol. The Morgan fingerprint density at radius 1 is 0.900 bits per heavy atom. The molecule has 0 atom stereocenters. The lowest BCUT2D eigenvalue weighted by Crippen LogP contribution is -2.26. The lowest BCUT2D eigenvalue weighted by atomic mass is 10.1. The molecule has 40 heavy (non-hydrogen) atoms. The lowest BCUT2D eigenvalue weighted by molar-refractivity contribution is 0.0360. The van der Waals surface area contributed by atoms with Crippen molar-refractivity contribution >= 4 is 17.2 Å². The maximum absolute atomic E-state index is 12.3. The van der Waals surface area contributed by atoms with Crippen LogP contribution in [0.1, 0.15) is 39.1 Å². The van der Waals surface area contributed by atoms with Gasteiger partial charge in [-0.25, -0.2) is 10.5 Å². The Morgan fingerprint density at radius 2 is 1.65 bits per heavy atom. The molecule has 8 nitrogen and oxygen atoms in total. The van der Waals surface area contributed by atoms with Crippen molar-refractivity contribution in [2.24, 2.45) is 0 Å². The highest BCUT2D eigenvalue weighted by molar-refractivity contribution is 7.09. The molecule has 1 amide bonds. The van der Waals surface area contributed by atoms with Crippen molar-refractivity contribution in [2.75, 3.05) is 27.4 Å². The summed E-state index contributed by atoms with van der Waals surface area (Å²) in [4.78, 5) is 24.1. The number of ether oxygens (including phenoxy) is 3. The van der Waals surface area contributed by atoms with Crippen LogP contribution in [-0.2, 0) is 31.0 Å². The average Bonchev–Trinajstić information content (AvgIpc) is 3.47. The van der Waals surface area contributed by atoms with E-state index in [1.807, 2.05) is 49.4 Å². The number of nitrogens with zero attached hydrogens (tertiary/aromatic N) is 2. The van der Waals surface area contributed by atoms with Gasteiger partial charge in [-0.05, 0) is 54.3 Å². The molecule has 0 radical (unpaired) electrons. The summed E-state index contributed by atoms with van der Waals surface area (Å²) in [6, 6.07) is 24.3. The van der Waals surface area contributed by atoms with Crippen molar-refractivity contribution in [3.63, 3.8) is 0 Å². The van der Waals surface area contributed by atoms with E-state index >= 15 is 0 Å². The van der Waals surface area contributed by atoms with Crippen LogP contribution >= 0.6 is 11.3 Å². The van der Waals surface area contributed by atoms with E-state index in [9.17, 15) is 4.79 Å². The molecule has 0 saturated carbocycles. The van der Waals surface area contributed by atoms with Crippen LogP contribution in [0.4, 0.5) is 0 Å². The second-order valence-electron chi connectivity index (χ2n) is 9.06. The van der Waals surface area contributed by atoms with E-state index in [2.05, 4.69) is 45.7 Å². The zero-order valence-electron chi connectivity index (χ0n) is 23.1. The Kier molecular flexibility index (Phi) is 10.9. The van der Waals surface area contributed by atoms with Crippen LogP contribution in [0.25, 0.3) is 0 Å². The van der Waals surface area contributed by atoms with Crippen molar-refractivity contribution in [3.05, 3.63) is 106 Å². The number of rotatable bonds is 15. The van der Waals surface area contributed by atoms with Crippen molar-refractivity contribution in [1.82, 2.24) is 15.4 Å². The molecule has 0 fully saturated rings. The lowest BCUT2D eigenvalue weighted by Gasteiger charge is -2.22. The number of carbonyl (C=O) groups is 1. The first-order chi connectivity index (χ1) is 19.6. The molecule has 4 aromatic rings. The largest absolute Gasteiger partial charge is 0.493 e. The highest BCUT2D eigenvalue weighted by atomic mass is 32.1. The first-order valence-electron chi connectivity index (χ1n) is 13.1. The third kappa shape index (κ3) is 8.54. The molecule has 0 unspecified atom stereocenters. The molecule has 1 aromatic heterocycles. The summed E-state index contributed by atoms with van der Waals surface area (Å²) in [6.07, 6.45) is 0.807. The van der Waals surface area contributed by atoms with Crippen LogP contribution in [0.3, 0.4) is 0 Å². The summed E-state index contributed by atoms with van der Waals surface area (Å²) >= 11 is 1.46. The van der Waals surface area contributed by atoms with Crippen molar-refractivity contribution in [2.45, 2.75) is 33.0 Å². The van der Waals surface area contributed by atoms with Gasteiger partial charge in [-0.15, -0.1) is 11.3 Å². The molecule has 3 aromatic carbocycles. The van der Waals surface area contributed by atoms with Gasteiger partial charge in [0.25, 0.3) is 5.91 Å². The van der Waals surface area contributed by atoms with Crippen molar-refractivity contribution in [1.29, 1.82) is 0 Å². The number of benzene rings is 3. The van der Waals surface area contributed by atoms with E-state index in [-0.39, 0.29) is 5.91 Å². The molecule has 4 rings (SSSR count). The normalized spacial score (nSPS) is 10.9. The first-order valence-corrected chi connectivity index (χ1v) is 14.0. The summed E-state index contributed by atoms with van der Waals surface area (Å²) in [5.74, 6) is 1.91. The van der Waals surface area contributed by atoms with Gasteiger partial charge in [-0.1, -0.05) is 48.5 Å². The standard InChI is InChI=1S/C31H35N3O5S/c1-4-39-33-31(35)27-22-40-30(32-27)20-34(17-16-23-12-15-28(36-2)29(18-23)37-3)19-24-10-13-26(14-11-24)38-21-25-8-6-5-7-9-25/h5-15,18,22H,4,16-17,19-21H2,1-3H3,(H,33,35). The van der Waals surface area contributed by atoms with Crippen molar-refractivity contribution in [3.8, 4) is 17.2 Å². The van der Waals surface area contributed by atoms with E-state index in [0.717, 1.165) is 40.4 Å². The first kappa shape index (κ1) is 29.1. The summed E-state index contributed by atoms with van der Waals surface area (Å²) in [5, 5.41) is 2.62. The number of amides is 1. The number of methoxy groups -OCH3 is 2. The molecule has 0 bridgehead atoms. The fourth-order valence-electron chi connectivity index (χ4n) is 4.10. The van der Waals surface area contributed by atoms with E-state index in [0.29, 0.717) is 43.5 Å². The van der Waals surface area contributed by atoms with Gasteiger partial charge < -0.3 is 14.2 Å². The summed E-state index contributed by atoms with van der Waals surface area (Å²) in [6.45, 7) is 4.83. The quantitative estimate of drug-likeness (QED) is 0.187. The van der Waals surface area contributed by atoms with Crippen LogP contribution in [0.15, 0.2) is 78.2 Å². The number of thiazole rings is 1. The Bertz CT molecular complexity index is 1340. The van der Waals surface area contributed by atoms with E-state index in [1.165, 1.54) is 11.3 Å². The number of hydroxylamine groups is 1. The zero-order chi connectivity index (χ0) is 28.2. The second kappa shape index (κ2) is 15.0. The van der Waals surface area contributed by atoms with Crippen LogP contribution in [0, 0.1) is 0 Å². The molecule has 1 N–H and O–H groups in total. The fraction of sp³-hybridized carbons (Fsp3) is 0.290. The minimum absolute atomic E-state index is 0.340. The smallest absolute Gasteiger partial charge is 0.294 e. The molecule has 0 spiro atoms. The number of aromatic nitrogens is 1. The molecule has 9 heteroatoms. The van der Waals surface area contributed by atoms with E-state index in [4.69, 9.17) is 19.0 Å². The monoisotopic (exact) mass is 561 g/mol. The maximum atomic E-state index is 12.3. The summed E-state index contributed by atoms with van der Waals surface area (Å²) in [5.41, 5.74) is 6.19. The predicted octanol–water partition coefficient (Wildman–Crippen LogP) is 5.67. The second-order valence-corrected chi connectivity index (χ2v) is 10.0. The SMILES string of the molecule is CCONC(=O)c1csc(CN(CCc2ccc(OC)c(OC)c2)Cc2ccc(OCc3ccccc3)cc2)n1. The van der Waals surface area contributed by atoms with E-state index in [1.54, 1.807) is 19.6 Å². The highest BCUT2D eigenvalue weighted by Crippen LogP contribution is 2.28. The maximum Gasteiger partial charge on any atom is 0.294 e. The minimum atomic E-state index is -0.340. The van der Waals surface area contributed by atoms with Crippen LogP contribution in [0.2, 0.25) is 0 Å². The Hall–Kier alpha value is -3.92. The Labute approximate surface area is 239 Å². The molecule has 210 valence electrons. The zero-order valence-corrected chi connectivity index (χ0v) is 23.9.